The number of nitrogens with two attached hydrogens (primary N) is 5. The number of hydrogen-bond donors (Lipinski definition) is 8. The summed E-state index contributed by atoms with van der Waals surface area (Å²) in [4.78, 5) is 68.8. The Hall–Kier alpha value is -6.68. The molecule has 0 saturated carbocycles. The van der Waals surface area contributed by atoms with Crippen LogP contribution in [0.25, 0.3) is 0 Å². The van der Waals surface area contributed by atoms with E-state index in [-0.39, 0.29) is 81.9 Å². The molecule has 13 N–H and O–H groups in total. The van der Waals surface area contributed by atoms with Crippen LogP contribution >= 0.6 is 23.2 Å². The maximum atomic E-state index is 12.5. The predicted octanol–water partition coefficient (Wildman–Crippen LogP) is 5.10. The molecule has 0 aliphatic heterocycles. The number of nitrogens with zero attached hydrogens (tertiary/aromatic N) is 5. The summed E-state index contributed by atoms with van der Waals surface area (Å²) in [5.41, 5.74) is 30.7. The van der Waals surface area contributed by atoms with Crippen LogP contribution in [0.1, 0.15) is 103 Å². The number of ketones is 2. The minimum Gasteiger partial charge on any atom is -0.491 e. The van der Waals surface area contributed by atoms with E-state index in [1.807, 2.05) is 48.5 Å². The lowest BCUT2D eigenvalue weighted by Crippen LogP contribution is -2.38. The highest BCUT2D eigenvalue weighted by atomic mass is 35.5. The lowest BCUT2D eigenvalue weighted by molar-refractivity contribution is -0.125. The maximum absolute atomic E-state index is 12.5. The summed E-state index contributed by atoms with van der Waals surface area (Å²) in [5.74, 6) is -0.315. The number of nitrogen functional groups attached to an aromatic ring is 4. The zero-order valence-electron chi connectivity index (χ0n) is 39.1. The molecule has 2 aromatic carbocycles. The number of aliphatic imine (C=N–C) groups is 1. The summed E-state index contributed by atoms with van der Waals surface area (Å²) in [6, 6.07) is 15.6. The number of halogens is 2. The van der Waals surface area contributed by atoms with E-state index >= 15 is 0 Å². The zero-order chi connectivity index (χ0) is 50.7. The van der Waals surface area contributed by atoms with Gasteiger partial charge in [-0.3, -0.25) is 29.5 Å². The van der Waals surface area contributed by atoms with E-state index in [0.29, 0.717) is 77.7 Å². The van der Waals surface area contributed by atoms with Gasteiger partial charge in [0.25, 0.3) is 5.91 Å². The van der Waals surface area contributed by atoms with E-state index in [1.165, 1.54) is 5.56 Å². The first kappa shape index (κ1) is 55.9. The molecule has 21 nitrogen and oxygen atoms in total. The Morgan fingerprint density at radius 2 is 1.16 bits per heavy atom. The molecule has 0 aliphatic carbocycles. The van der Waals surface area contributed by atoms with Gasteiger partial charge in [-0.25, -0.2) is 19.9 Å². The number of Topliss-reactive ketones (excluding diaryl/α,β-unsaturated/α-hetero) is 2. The number of anilines is 4. The first-order valence-corrected chi connectivity index (χ1v) is 23.7. The molecule has 4 rings (SSSR count). The molecule has 378 valence electrons. The third-order valence-electron chi connectivity index (χ3n) is 10.3. The van der Waals surface area contributed by atoms with Crippen LogP contribution in [-0.4, -0.2) is 108 Å². The average Bonchev–Trinajstić information content (AvgIpc) is 3.33. The summed E-state index contributed by atoms with van der Waals surface area (Å²) < 4.78 is 22.7. The molecule has 0 aliphatic rings. The number of guanidine groups is 1. The predicted molar refractivity (Wildman–Crippen MR) is 269 cm³/mol. The van der Waals surface area contributed by atoms with Crippen molar-refractivity contribution in [1.29, 1.82) is 5.41 Å². The van der Waals surface area contributed by atoms with Crippen LogP contribution < -0.4 is 48.8 Å². The summed E-state index contributed by atoms with van der Waals surface area (Å²) in [5, 5.41) is 13.1. The standard InChI is InChI=1S/C47H63Cl2N13O8/c48-40-44(53)60-42(51)38(58-40)36(64)29-32(50)9-3-1-2-7-30-11-16-35(17-12-30)70-28-26-68-24-22-56-37(65)20-15-33(63)10-6-23-67-25-27-69-34-18-13-31(14-19-34)8-4-5-21-57-47(55)62-46(66)39-43(52)61-45(54)41(49)59-39/h11-14,16-19,50H,1-10,15,20-29H2,(H,56,65)(H4,51,53,60)(H4,52,54,61)(H3,55,57,62,66). The molecule has 4 aromatic rings. The maximum Gasteiger partial charge on any atom is 0.280 e. The molecule has 0 radical (unpaired) electrons. The molecular weight excluding hydrogens is 946 g/mol. The first-order valence-electron chi connectivity index (χ1n) is 22.9. The van der Waals surface area contributed by atoms with Gasteiger partial charge in [-0.15, -0.1) is 0 Å². The van der Waals surface area contributed by atoms with Gasteiger partial charge in [0.05, 0.1) is 26.2 Å². The van der Waals surface area contributed by atoms with E-state index in [4.69, 9.17) is 76.2 Å². The largest absolute Gasteiger partial charge is 0.491 e. The van der Waals surface area contributed by atoms with Crippen LogP contribution in [0.2, 0.25) is 10.3 Å². The molecule has 23 heteroatoms. The molecule has 0 atom stereocenters. The quantitative estimate of drug-likeness (QED) is 0.0133. The molecule has 0 bridgehead atoms. The van der Waals surface area contributed by atoms with E-state index in [1.54, 1.807) is 0 Å². The second kappa shape index (κ2) is 30.7. The van der Waals surface area contributed by atoms with Crippen molar-refractivity contribution in [2.45, 2.75) is 83.5 Å². The van der Waals surface area contributed by atoms with E-state index < -0.39 is 11.7 Å². The molecule has 2 amide bonds. The van der Waals surface area contributed by atoms with E-state index in [2.05, 4.69) is 35.6 Å². The van der Waals surface area contributed by atoms with Gasteiger partial charge >= 0.3 is 0 Å². The van der Waals surface area contributed by atoms with Crippen LogP contribution in [0, 0.1) is 5.41 Å². The van der Waals surface area contributed by atoms with E-state index in [0.717, 1.165) is 62.0 Å². The Balaban J connectivity index is 0.909. The topological polar surface area (TPSA) is 347 Å². The number of carbonyl (C=O) groups is 4. The van der Waals surface area contributed by atoms with E-state index in [9.17, 15) is 19.2 Å². The Morgan fingerprint density at radius 1 is 0.600 bits per heavy atom. The Kier molecular flexibility index (Phi) is 24.5. The molecular formula is C47H63Cl2N13O8. The van der Waals surface area contributed by atoms with Crippen LogP contribution in [0.5, 0.6) is 11.5 Å². The van der Waals surface area contributed by atoms with Crippen molar-refractivity contribution >= 4 is 81.5 Å². The molecule has 0 fully saturated rings. The van der Waals surface area contributed by atoms with Crippen LogP contribution in [-0.2, 0) is 31.9 Å². The number of amides is 2. The summed E-state index contributed by atoms with van der Waals surface area (Å²) >= 11 is 11.7. The van der Waals surface area contributed by atoms with Crippen LogP contribution in [0.15, 0.2) is 53.5 Å². The zero-order valence-corrected chi connectivity index (χ0v) is 40.6. The highest BCUT2D eigenvalue weighted by molar-refractivity contribution is 6.32. The minimum absolute atomic E-state index is 0.00496. The third-order valence-corrected chi connectivity index (χ3v) is 10.8. The Bertz CT molecular complexity index is 2380. The summed E-state index contributed by atoms with van der Waals surface area (Å²) in [7, 11) is 0. The monoisotopic (exact) mass is 1010 g/mol. The van der Waals surface area contributed by atoms with Crippen molar-refractivity contribution in [1.82, 2.24) is 30.6 Å². The van der Waals surface area contributed by atoms with Gasteiger partial charge in [-0.2, -0.15) is 0 Å². The molecule has 0 saturated heterocycles. The molecule has 2 heterocycles. The van der Waals surface area contributed by atoms with Crippen LogP contribution in [0.3, 0.4) is 0 Å². The molecule has 0 unspecified atom stereocenters. The number of unbranched alkanes of at least 4 members (excludes halogenated alkanes) is 3. The molecule has 0 spiro atoms. The Labute approximate surface area is 416 Å². The van der Waals surface area contributed by atoms with Crippen molar-refractivity contribution in [2.75, 3.05) is 75.7 Å². The van der Waals surface area contributed by atoms with Gasteiger partial charge < -0.3 is 58.3 Å². The fourth-order valence-corrected chi connectivity index (χ4v) is 6.82. The number of hydrogen-bond acceptors (Lipinski definition) is 18. The fraction of sp³-hybridized carbons (Fsp3) is 0.447. The van der Waals surface area contributed by atoms with Gasteiger partial charge in [0.1, 0.15) is 30.5 Å². The first-order chi connectivity index (χ1) is 33.7. The van der Waals surface area contributed by atoms with Gasteiger partial charge in [-0.05, 0) is 86.8 Å². The highest BCUT2D eigenvalue weighted by Crippen LogP contribution is 2.21. The number of ether oxygens (including phenoxy) is 4. The SMILES string of the molecule is N=C(CCCCCc1ccc(OCCOCCNC(=O)CCC(=O)CCCOCCOc2ccc(CCCCN=C(N)NC(=O)c3nc(Cl)c(N)nc3N)cc2)cc1)CC(=O)c1nc(Cl)c(N)nc1N. The number of aromatic nitrogens is 4. The smallest absolute Gasteiger partial charge is 0.280 e. The lowest BCUT2D eigenvalue weighted by Gasteiger charge is -2.09. The van der Waals surface area contributed by atoms with Crippen molar-refractivity contribution < 1.29 is 38.1 Å². The second-order valence-corrected chi connectivity index (χ2v) is 16.6. The van der Waals surface area contributed by atoms with Crippen molar-refractivity contribution in [3.63, 3.8) is 0 Å². The average molecular weight is 1010 g/mol. The number of rotatable bonds is 33. The second-order valence-electron chi connectivity index (χ2n) is 15.9. The molecule has 70 heavy (non-hydrogen) atoms. The van der Waals surface area contributed by atoms with Gasteiger partial charge in [-0.1, -0.05) is 53.9 Å². The number of nitrogens with one attached hydrogen (secondary N) is 3. The Morgan fingerprint density at radius 3 is 1.77 bits per heavy atom. The molecule has 2 aromatic heterocycles. The number of aryl methyl sites for hydroxylation is 2. The van der Waals surface area contributed by atoms with Crippen LogP contribution in [0.4, 0.5) is 23.3 Å². The van der Waals surface area contributed by atoms with Gasteiger partial charge in [0.2, 0.25) is 5.91 Å². The van der Waals surface area contributed by atoms with Crippen molar-refractivity contribution in [2.24, 2.45) is 10.7 Å². The highest BCUT2D eigenvalue weighted by Gasteiger charge is 2.18. The summed E-state index contributed by atoms with van der Waals surface area (Å²) in [6.45, 7) is 2.94. The minimum atomic E-state index is -0.690. The normalized spacial score (nSPS) is 11.3. The van der Waals surface area contributed by atoms with Crippen molar-refractivity contribution in [3.8, 4) is 11.5 Å². The fourth-order valence-electron chi connectivity index (χ4n) is 6.57. The summed E-state index contributed by atoms with van der Waals surface area (Å²) in [6.07, 6.45) is 7.50. The third kappa shape index (κ3) is 21.3. The van der Waals surface area contributed by atoms with Gasteiger partial charge in [0.15, 0.2) is 56.7 Å². The lowest BCUT2D eigenvalue weighted by atomic mass is 10.0. The number of benzene rings is 2. The van der Waals surface area contributed by atoms with Gasteiger partial charge in [0, 0.05) is 44.7 Å². The number of carbonyl (C=O) groups excluding carboxylic acids is 4. The van der Waals surface area contributed by atoms with Crippen molar-refractivity contribution in [3.05, 3.63) is 81.4 Å².